The van der Waals surface area contributed by atoms with Crippen LogP contribution in [0.2, 0.25) is 0 Å². The summed E-state index contributed by atoms with van der Waals surface area (Å²) < 4.78 is 49.6. The molecular formula is C19H17F3N2O5. The topological polar surface area (TPSA) is 88.8 Å². The van der Waals surface area contributed by atoms with Crippen molar-refractivity contribution in [2.24, 2.45) is 0 Å². The quantitative estimate of drug-likeness (QED) is 0.735. The molecule has 29 heavy (non-hydrogen) atoms. The summed E-state index contributed by atoms with van der Waals surface area (Å²) in [6.45, 7) is 0.918. The van der Waals surface area contributed by atoms with Crippen molar-refractivity contribution in [1.82, 2.24) is 4.90 Å². The van der Waals surface area contributed by atoms with E-state index in [4.69, 9.17) is 9.15 Å². The van der Waals surface area contributed by atoms with E-state index in [0.29, 0.717) is 50.4 Å². The molecule has 1 saturated heterocycles. The predicted molar refractivity (Wildman–Crippen MR) is 94.9 cm³/mol. The molecule has 2 heterocycles. The third-order valence-electron chi connectivity index (χ3n) is 4.27. The molecule has 10 heteroatoms. The van der Waals surface area contributed by atoms with Crippen LogP contribution in [0.4, 0.5) is 18.9 Å². The van der Waals surface area contributed by atoms with E-state index in [1.807, 2.05) is 4.90 Å². The molecule has 154 valence electrons. The lowest BCUT2D eigenvalue weighted by molar-refractivity contribution is -0.121. The first kappa shape index (κ1) is 20.6. The van der Waals surface area contributed by atoms with Gasteiger partial charge < -0.3 is 14.5 Å². The molecule has 3 rings (SSSR count). The fraction of sp³-hybridized carbons (Fsp3) is 0.316. The van der Waals surface area contributed by atoms with Crippen molar-refractivity contribution in [1.29, 1.82) is 0 Å². The van der Waals surface area contributed by atoms with E-state index in [-0.39, 0.29) is 17.2 Å². The lowest BCUT2D eigenvalue weighted by Gasteiger charge is -2.24. The maximum absolute atomic E-state index is 13.1. The Morgan fingerprint density at radius 2 is 1.76 bits per heavy atom. The van der Waals surface area contributed by atoms with Crippen LogP contribution in [0, 0.1) is 17.5 Å². The Bertz CT molecular complexity index is 959. The van der Waals surface area contributed by atoms with E-state index in [0.717, 1.165) is 6.26 Å². The second-order valence-corrected chi connectivity index (χ2v) is 6.48. The van der Waals surface area contributed by atoms with Crippen molar-refractivity contribution in [3.8, 4) is 5.75 Å². The number of anilines is 1. The first-order valence-electron chi connectivity index (χ1n) is 8.75. The molecule has 0 aliphatic carbocycles. The normalized spacial score (nSPS) is 14.7. The summed E-state index contributed by atoms with van der Waals surface area (Å²) in [4.78, 5) is 37.1. The average Bonchev–Trinajstić information content (AvgIpc) is 2.67. The fourth-order valence-electron chi connectivity index (χ4n) is 2.78. The smallest absolute Gasteiger partial charge is 0.262 e. The van der Waals surface area contributed by atoms with Crippen LogP contribution >= 0.6 is 0 Å². The largest absolute Gasteiger partial charge is 0.477 e. The zero-order valence-corrected chi connectivity index (χ0v) is 15.2. The summed E-state index contributed by atoms with van der Waals surface area (Å²) in [5.74, 6) is -4.97. The van der Waals surface area contributed by atoms with Gasteiger partial charge in [-0.3, -0.25) is 19.3 Å². The van der Waals surface area contributed by atoms with E-state index in [9.17, 15) is 27.6 Å². The van der Waals surface area contributed by atoms with Crippen molar-refractivity contribution in [2.75, 3.05) is 25.0 Å². The summed E-state index contributed by atoms with van der Waals surface area (Å²) in [6.07, 6.45) is 1.99. The van der Waals surface area contributed by atoms with Gasteiger partial charge in [-0.15, -0.1) is 0 Å². The van der Waals surface area contributed by atoms with Crippen molar-refractivity contribution in [3.05, 3.63) is 57.9 Å². The van der Waals surface area contributed by atoms with Crippen molar-refractivity contribution < 1.29 is 31.9 Å². The van der Waals surface area contributed by atoms with Gasteiger partial charge in [0.05, 0.1) is 6.54 Å². The maximum Gasteiger partial charge on any atom is 0.262 e. The number of ether oxygens (including phenoxy) is 1. The number of amides is 1. The monoisotopic (exact) mass is 410 g/mol. The number of likely N-dealkylation sites (tertiary alicyclic amines) is 1. The van der Waals surface area contributed by atoms with Crippen LogP contribution < -0.4 is 15.5 Å². The second kappa shape index (κ2) is 8.91. The van der Waals surface area contributed by atoms with E-state index in [1.165, 1.54) is 6.07 Å². The van der Waals surface area contributed by atoms with Gasteiger partial charge in [-0.2, -0.15) is 0 Å². The summed E-state index contributed by atoms with van der Waals surface area (Å²) in [7, 11) is 0. The van der Waals surface area contributed by atoms with E-state index < -0.39 is 35.4 Å². The molecule has 1 fully saturated rings. The number of Topliss-reactive ketones (excluding diaryl/α,β-unsaturated/α-hetero) is 1. The third-order valence-corrected chi connectivity index (χ3v) is 4.27. The number of piperidine rings is 1. The second-order valence-electron chi connectivity index (χ2n) is 6.48. The Kier molecular flexibility index (Phi) is 6.32. The standard InChI is InChI=1S/C19H17F3N2O5/c20-14-5-11(6-15(21)19(14)22)23-18(27)10-29-17-9-28-13(7-16(17)26)8-24-3-1-12(25)2-4-24/h5-7,9H,1-4,8,10H2,(H,23,27). The molecule has 0 unspecified atom stereocenters. The SMILES string of the molecule is O=C1CCN(Cc2cc(=O)c(OCC(=O)Nc3cc(F)c(F)c(F)c3)co2)CC1. The Morgan fingerprint density at radius 1 is 1.10 bits per heavy atom. The van der Waals surface area contributed by atoms with Crippen LogP contribution in [0.5, 0.6) is 5.75 Å². The molecule has 7 nitrogen and oxygen atoms in total. The summed E-state index contributed by atoms with van der Waals surface area (Å²) >= 11 is 0. The van der Waals surface area contributed by atoms with Crippen LogP contribution in [0.3, 0.4) is 0 Å². The van der Waals surface area contributed by atoms with Gasteiger partial charge in [0.25, 0.3) is 5.91 Å². The molecule has 0 spiro atoms. The first-order valence-corrected chi connectivity index (χ1v) is 8.75. The highest BCUT2D eigenvalue weighted by molar-refractivity contribution is 5.91. The van der Waals surface area contributed by atoms with E-state index >= 15 is 0 Å². The molecule has 1 N–H and O–H groups in total. The molecule has 0 radical (unpaired) electrons. The minimum atomic E-state index is -1.65. The number of halogens is 3. The Balaban J connectivity index is 1.54. The lowest BCUT2D eigenvalue weighted by Crippen LogP contribution is -2.33. The Morgan fingerprint density at radius 3 is 2.38 bits per heavy atom. The van der Waals surface area contributed by atoms with Gasteiger partial charge >= 0.3 is 0 Å². The summed E-state index contributed by atoms with van der Waals surface area (Å²) in [5.41, 5.74) is -0.802. The number of ketones is 1. The number of hydrogen-bond acceptors (Lipinski definition) is 6. The highest BCUT2D eigenvalue weighted by Crippen LogP contribution is 2.17. The summed E-state index contributed by atoms with van der Waals surface area (Å²) in [6, 6.07) is 2.47. The van der Waals surface area contributed by atoms with Crippen LogP contribution in [-0.2, 0) is 16.1 Å². The van der Waals surface area contributed by atoms with Crippen molar-refractivity contribution >= 4 is 17.4 Å². The molecule has 1 aliphatic heterocycles. The molecule has 0 saturated carbocycles. The highest BCUT2D eigenvalue weighted by atomic mass is 19.2. The van der Waals surface area contributed by atoms with E-state index in [2.05, 4.69) is 5.32 Å². The van der Waals surface area contributed by atoms with Crippen molar-refractivity contribution in [3.63, 3.8) is 0 Å². The van der Waals surface area contributed by atoms with E-state index in [1.54, 1.807) is 0 Å². The number of benzene rings is 1. The van der Waals surface area contributed by atoms with Crippen LogP contribution in [0.1, 0.15) is 18.6 Å². The number of carbonyl (C=O) groups is 2. The number of hydrogen-bond donors (Lipinski definition) is 1. The Hall–Kier alpha value is -3.14. The molecule has 0 atom stereocenters. The van der Waals surface area contributed by atoms with Crippen LogP contribution in [0.15, 0.2) is 33.7 Å². The van der Waals surface area contributed by atoms with Gasteiger partial charge in [-0.1, -0.05) is 0 Å². The molecule has 2 aromatic rings. The first-order chi connectivity index (χ1) is 13.8. The summed E-state index contributed by atoms with van der Waals surface area (Å²) in [5, 5.41) is 2.13. The molecule has 1 aliphatic rings. The highest BCUT2D eigenvalue weighted by Gasteiger charge is 2.18. The zero-order chi connectivity index (χ0) is 21.0. The zero-order valence-electron chi connectivity index (χ0n) is 15.2. The third kappa shape index (κ3) is 5.44. The van der Waals surface area contributed by atoms with Gasteiger partial charge in [0.1, 0.15) is 17.8 Å². The fourth-order valence-corrected chi connectivity index (χ4v) is 2.78. The molecule has 1 amide bonds. The predicted octanol–water partition coefficient (Wildman–Crippen LogP) is 2.24. The van der Waals surface area contributed by atoms with Gasteiger partial charge in [-0.05, 0) is 0 Å². The number of carbonyl (C=O) groups excluding carboxylic acids is 2. The molecule has 1 aromatic heterocycles. The van der Waals surface area contributed by atoms with Gasteiger partial charge in [-0.25, -0.2) is 13.2 Å². The lowest BCUT2D eigenvalue weighted by atomic mass is 10.1. The number of nitrogens with zero attached hydrogens (tertiary/aromatic N) is 1. The van der Waals surface area contributed by atoms with Crippen LogP contribution in [-0.4, -0.2) is 36.3 Å². The van der Waals surface area contributed by atoms with Gasteiger partial charge in [0, 0.05) is 49.8 Å². The minimum absolute atomic E-state index is 0.204. The molecule has 0 bridgehead atoms. The maximum atomic E-state index is 13.1. The van der Waals surface area contributed by atoms with Gasteiger partial charge in [0.15, 0.2) is 24.1 Å². The number of nitrogens with one attached hydrogen (secondary N) is 1. The molecular weight excluding hydrogens is 393 g/mol. The van der Waals surface area contributed by atoms with Crippen molar-refractivity contribution in [2.45, 2.75) is 19.4 Å². The van der Waals surface area contributed by atoms with Crippen LogP contribution in [0.25, 0.3) is 0 Å². The van der Waals surface area contributed by atoms with Gasteiger partial charge in [0.2, 0.25) is 11.2 Å². The average molecular weight is 410 g/mol. The Labute approximate surface area is 163 Å². The molecule has 1 aromatic carbocycles. The minimum Gasteiger partial charge on any atom is -0.477 e. The number of rotatable bonds is 6.